The van der Waals surface area contributed by atoms with Crippen LogP contribution in [0.4, 0.5) is 5.69 Å². The van der Waals surface area contributed by atoms with E-state index in [1.54, 1.807) is 30.1 Å². The van der Waals surface area contributed by atoms with Gasteiger partial charge in [0, 0.05) is 11.0 Å². The van der Waals surface area contributed by atoms with E-state index in [2.05, 4.69) is 4.98 Å². The molecule has 2 rings (SSSR count). The predicted molar refractivity (Wildman–Crippen MR) is 66.9 cm³/mol. The molecule has 0 aliphatic carbocycles. The second-order valence-corrected chi connectivity index (χ2v) is 4.09. The fourth-order valence-electron chi connectivity index (χ4n) is 1.22. The third-order valence-corrected chi connectivity index (χ3v) is 2.78. The van der Waals surface area contributed by atoms with Gasteiger partial charge in [0.25, 0.3) is 0 Å². The first-order chi connectivity index (χ1) is 7.78. The van der Waals surface area contributed by atoms with Crippen LogP contribution < -0.4 is 10.5 Å². The number of ether oxygens (including phenoxy) is 1. The fraction of sp³-hybridized carbons (Fsp3) is 0.0833. The topological polar surface area (TPSA) is 48.1 Å². The summed E-state index contributed by atoms with van der Waals surface area (Å²) in [7, 11) is 0. The molecule has 2 N–H and O–H groups in total. The molecule has 1 heterocycles. The summed E-state index contributed by atoms with van der Waals surface area (Å²) in [6.45, 7) is 0. The number of rotatable bonds is 3. The van der Waals surface area contributed by atoms with Crippen molar-refractivity contribution in [3.63, 3.8) is 0 Å². The molecular formula is C12H12N2OS. The third-order valence-electron chi connectivity index (χ3n) is 2.04. The summed E-state index contributed by atoms with van der Waals surface area (Å²) in [6.07, 6.45) is 3.61. The summed E-state index contributed by atoms with van der Waals surface area (Å²) in [5.74, 6) is 1.32. The zero-order valence-corrected chi connectivity index (χ0v) is 9.70. The number of benzene rings is 1. The Labute approximate surface area is 98.6 Å². The third kappa shape index (κ3) is 2.67. The Morgan fingerprint density at radius 1 is 1.12 bits per heavy atom. The van der Waals surface area contributed by atoms with Gasteiger partial charge in [0.1, 0.15) is 5.75 Å². The normalized spacial score (nSPS) is 10.1. The molecule has 0 atom stereocenters. The number of nitrogen functional groups attached to an aromatic ring is 1. The van der Waals surface area contributed by atoms with Crippen LogP contribution >= 0.6 is 11.8 Å². The summed E-state index contributed by atoms with van der Waals surface area (Å²) in [5.41, 5.74) is 6.17. The van der Waals surface area contributed by atoms with Crippen molar-refractivity contribution in [2.75, 3.05) is 12.0 Å². The number of nitrogens with two attached hydrogens (primary N) is 1. The highest BCUT2D eigenvalue weighted by Gasteiger charge is 1.98. The maximum Gasteiger partial charge on any atom is 0.219 e. The van der Waals surface area contributed by atoms with Crippen LogP contribution in [0.15, 0.2) is 47.5 Å². The smallest absolute Gasteiger partial charge is 0.219 e. The lowest BCUT2D eigenvalue weighted by Crippen LogP contribution is -1.90. The first kappa shape index (κ1) is 10.8. The minimum atomic E-state index is 0.547. The van der Waals surface area contributed by atoms with E-state index < -0.39 is 0 Å². The monoisotopic (exact) mass is 232 g/mol. The second-order valence-electron chi connectivity index (χ2n) is 3.21. The zero-order chi connectivity index (χ0) is 11.4. The average Bonchev–Trinajstić information content (AvgIpc) is 2.33. The summed E-state index contributed by atoms with van der Waals surface area (Å²) in [4.78, 5) is 5.27. The Morgan fingerprint density at radius 2 is 1.88 bits per heavy atom. The Morgan fingerprint density at radius 3 is 2.44 bits per heavy atom. The quantitative estimate of drug-likeness (QED) is 0.826. The maximum atomic E-state index is 5.56. The predicted octanol–water partition coefficient (Wildman–Crippen LogP) is 3.18. The number of hydrogen-bond acceptors (Lipinski definition) is 4. The minimum absolute atomic E-state index is 0.547. The molecule has 0 fully saturated rings. The van der Waals surface area contributed by atoms with E-state index in [1.165, 1.54) is 4.90 Å². The van der Waals surface area contributed by atoms with Crippen LogP contribution in [0.25, 0.3) is 0 Å². The number of nitrogens with zero attached hydrogens (tertiary/aromatic N) is 1. The summed E-state index contributed by atoms with van der Waals surface area (Å²) in [5, 5.41) is 0. The van der Waals surface area contributed by atoms with Gasteiger partial charge in [0.2, 0.25) is 5.88 Å². The second kappa shape index (κ2) is 4.90. The van der Waals surface area contributed by atoms with Crippen molar-refractivity contribution in [3.05, 3.63) is 42.6 Å². The molecule has 16 heavy (non-hydrogen) atoms. The molecule has 0 radical (unpaired) electrons. The molecule has 1 aromatic carbocycles. The van der Waals surface area contributed by atoms with Crippen LogP contribution in [0.2, 0.25) is 0 Å². The van der Waals surface area contributed by atoms with Crippen LogP contribution in [-0.4, -0.2) is 11.2 Å². The Balaban J connectivity index is 2.11. The lowest BCUT2D eigenvalue weighted by atomic mass is 10.3. The van der Waals surface area contributed by atoms with Crippen molar-refractivity contribution in [2.45, 2.75) is 4.90 Å². The molecule has 0 spiro atoms. The highest BCUT2D eigenvalue weighted by Crippen LogP contribution is 2.23. The molecule has 1 aromatic heterocycles. The first-order valence-corrected chi connectivity index (χ1v) is 6.04. The summed E-state index contributed by atoms with van der Waals surface area (Å²) in [6, 6.07) is 11.4. The molecule has 0 saturated carbocycles. The van der Waals surface area contributed by atoms with Gasteiger partial charge in [-0.1, -0.05) is 0 Å². The van der Waals surface area contributed by atoms with E-state index in [4.69, 9.17) is 10.5 Å². The number of anilines is 1. The van der Waals surface area contributed by atoms with E-state index in [0.717, 1.165) is 5.75 Å². The standard InChI is InChI=1S/C12H12N2OS/c1-16-11-5-3-10(4-6-11)15-12-7-2-9(13)8-14-12/h2-8H,13H2,1H3. The molecule has 0 aliphatic heterocycles. The lowest BCUT2D eigenvalue weighted by Gasteiger charge is -2.05. The SMILES string of the molecule is CSc1ccc(Oc2ccc(N)cn2)cc1. The van der Waals surface area contributed by atoms with E-state index in [9.17, 15) is 0 Å². The van der Waals surface area contributed by atoms with Gasteiger partial charge >= 0.3 is 0 Å². The molecule has 0 saturated heterocycles. The molecule has 82 valence electrons. The minimum Gasteiger partial charge on any atom is -0.439 e. The van der Waals surface area contributed by atoms with Gasteiger partial charge in [0.15, 0.2) is 0 Å². The van der Waals surface area contributed by atoms with Crippen LogP contribution in [0.3, 0.4) is 0 Å². The van der Waals surface area contributed by atoms with E-state index >= 15 is 0 Å². The number of hydrogen-bond donors (Lipinski definition) is 1. The molecular weight excluding hydrogens is 220 g/mol. The van der Waals surface area contributed by atoms with Crippen LogP contribution in [0.1, 0.15) is 0 Å². The highest BCUT2D eigenvalue weighted by atomic mass is 32.2. The van der Waals surface area contributed by atoms with Gasteiger partial charge in [-0.15, -0.1) is 11.8 Å². The summed E-state index contributed by atoms with van der Waals surface area (Å²) < 4.78 is 5.56. The number of pyridine rings is 1. The van der Waals surface area contributed by atoms with Crippen LogP contribution in [0, 0.1) is 0 Å². The lowest BCUT2D eigenvalue weighted by molar-refractivity contribution is 0.463. The largest absolute Gasteiger partial charge is 0.439 e. The first-order valence-electron chi connectivity index (χ1n) is 4.81. The molecule has 4 heteroatoms. The number of aromatic nitrogens is 1. The van der Waals surface area contributed by atoms with Gasteiger partial charge in [-0.3, -0.25) is 0 Å². The molecule has 3 nitrogen and oxygen atoms in total. The van der Waals surface area contributed by atoms with Crippen LogP contribution in [-0.2, 0) is 0 Å². The van der Waals surface area contributed by atoms with E-state index in [1.807, 2.05) is 30.5 Å². The average molecular weight is 232 g/mol. The number of thioether (sulfide) groups is 1. The van der Waals surface area contributed by atoms with Crippen molar-refractivity contribution in [3.8, 4) is 11.6 Å². The molecule has 0 bridgehead atoms. The Bertz CT molecular complexity index is 453. The van der Waals surface area contributed by atoms with Gasteiger partial charge in [-0.05, 0) is 36.6 Å². The summed E-state index contributed by atoms with van der Waals surface area (Å²) >= 11 is 1.70. The van der Waals surface area contributed by atoms with Crippen molar-refractivity contribution in [2.24, 2.45) is 0 Å². The Hall–Kier alpha value is -1.68. The fourth-order valence-corrected chi connectivity index (χ4v) is 1.62. The van der Waals surface area contributed by atoms with Crippen molar-refractivity contribution < 1.29 is 4.74 Å². The molecule has 0 amide bonds. The van der Waals surface area contributed by atoms with Gasteiger partial charge in [0.05, 0.1) is 11.9 Å². The van der Waals surface area contributed by atoms with Gasteiger partial charge < -0.3 is 10.5 Å². The van der Waals surface area contributed by atoms with E-state index in [0.29, 0.717) is 11.6 Å². The molecule has 0 aliphatic rings. The van der Waals surface area contributed by atoms with Crippen LogP contribution in [0.5, 0.6) is 11.6 Å². The zero-order valence-electron chi connectivity index (χ0n) is 8.88. The van der Waals surface area contributed by atoms with Crippen molar-refractivity contribution in [1.82, 2.24) is 4.98 Å². The van der Waals surface area contributed by atoms with Crippen molar-refractivity contribution >= 4 is 17.4 Å². The van der Waals surface area contributed by atoms with E-state index in [-0.39, 0.29) is 0 Å². The Kier molecular flexibility index (Phi) is 3.31. The van der Waals surface area contributed by atoms with Gasteiger partial charge in [-0.25, -0.2) is 4.98 Å². The maximum absolute atomic E-state index is 5.56. The molecule has 2 aromatic rings. The highest BCUT2D eigenvalue weighted by molar-refractivity contribution is 7.98. The van der Waals surface area contributed by atoms with Crippen molar-refractivity contribution in [1.29, 1.82) is 0 Å². The van der Waals surface area contributed by atoms with Gasteiger partial charge in [-0.2, -0.15) is 0 Å². The molecule has 0 unspecified atom stereocenters.